The highest BCUT2D eigenvalue weighted by Crippen LogP contribution is 2.28. The van der Waals surface area contributed by atoms with Crippen LogP contribution in [0.4, 0.5) is 17.1 Å². The smallest absolute Gasteiger partial charge is 0.293 e. The molecular weight excluding hydrogens is 521 g/mol. The first-order chi connectivity index (χ1) is 13.8. The summed E-state index contributed by atoms with van der Waals surface area (Å²) in [5.74, 6) is 0.735. The molecule has 2 aromatic rings. The molecule has 0 fully saturated rings. The van der Waals surface area contributed by atoms with Crippen LogP contribution in [0.15, 0.2) is 52.4 Å². The molecule has 0 radical (unpaired) electrons. The van der Waals surface area contributed by atoms with Crippen molar-refractivity contribution in [3.05, 3.63) is 58.1 Å². The van der Waals surface area contributed by atoms with Crippen LogP contribution in [-0.4, -0.2) is 52.2 Å². The van der Waals surface area contributed by atoms with Crippen molar-refractivity contribution in [1.82, 2.24) is 5.32 Å². The van der Waals surface area contributed by atoms with Crippen molar-refractivity contribution in [2.24, 2.45) is 4.99 Å². The maximum absolute atomic E-state index is 11.6. The van der Waals surface area contributed by atoms with E-state index >= 15 is 0 Å². The summed E-state index contributed by atoms with van der Waals surface area (Å²) in [5.41, 5.74) is 2.40. The van der Waals surface area contributed by atoms with Crippen LogP contribution in [0, 0.1) is 10.1 Å². The van der Waals surface area contributed by atoms with Crippen molar-refractivity contribution in [2.45, 2.75) is 11.3 Å². The number of nitrogens with one attached hydrogen (secondary N) is 2. The van der Waals surface area contributed by atoms with E-state index in [-0.39, 0.29) is 40.2 Å². The van der Waals surface area contributed by atoms with Crippen LogP contribution in [0.5, 0.6) is 0 Å². The molecule has 162 valence electrons. The van der Waals surface area contributed by atoms with Gasteiger partial charge in [-0.25, -0.2) is 8.42 Å². The summed E-state index contributed by atoms with van der Waals surface area (Å²) in [6.07, 6.45) is 1.97. The molecule has 2 N–H and O–H groups in total. The summed E-state index contributed by atoms with van der Waals surface area (Å²) < 4.78 is 23.3. The van der Waals surface area contributed by atoms with Gasteiger partial charge in [0, 0.05) is 44.7 Å². The largest absolute Gasteiger partial charge is 0.378 e. The molecule has 9 nitrogen and oxygen atoms in total. The van der Waals surface area contributed by atoms with E-state index in [9.17, 15) is 18.5 Å². The van der Waals surface area contributed by atoms with Gasteiger partial charge in [0.2, 0.25) is 0 Å². The second-order valence-electron chi connectivity index (χ2n) is 6.64. The molecule has 0 bridgehead atoms. The molecule has 1 aliphatic rings. The number of nitro groups is 1. The lowest BCUT2D eigenvalue weighted by molar-refractivity contribution is -0.384. The monoisotopic (exact) mass is 545 g/mol. The van der Waals surface area contributed by atoms with Gasteiger partial charge < -0.3 is 15.5 Å². The predicted molar refractivity (Wildman–Crippen MR) is 129 cm³/mol. The third kappa shape index (κ3) is 5.39. The number of guanidine groups is 1. The van der Waals surface area contributed by atoms with Crippen LogP contribution in [0.1, 0.15) is 5.56 Å². The van der Waals surface area contributed by atoms with Crippen molar-refractivity contribution >= 4 is 56.8 Å². The Morgan fingerprint density at radius 3 is 2.63 bits per heavy atom. The molecule has 0 spiro atoms. The van der Waals surface area contributed by atoms with Crippen LogP contribution in [0.25, 0.3) is 0 Å². The Labute approximate surface area is 192 Å². The first kappa shape index (κ1) is 23.9. The predicted octanol–water partition coefficient (Wildman–Crippen LogP) is 2.67. The van der Waals surface area contributed by atoms with Gasteiger partial charge in [-0.15, -0.1) is 24.0 Å². The number of nitrogens with zero attached hydrogens (tertiary/aromatic N) is 3. The number of halogens is 1. The number of para-hydroxylation sites is 1. The lowest BCUT2D eigenvalue weighted by Gasteiger charge is -2.22. The highest BCUT2D eigenvalue weighted by molar-refractivity contribution is 14.0. The lowest BCUT2D eigenvalue weighted by Crippen LogP contribution is -2.42. The molecule has 30 heavy (non-hydrogen) atoms. The Morgan fingerprint density at radius 2 is 1.97 bits per heavy atom. The molecule has 0 aromatic heterocycles. The van der Waals surface area contributed by atoms with E-state index in [2.05, 4.69) is 32.7 Å². The Balaban J connectivity index is 0.00000320. The molecule has 11 heteroatoms. The zero-order valence-electron chi connectivity index (χ0n) is 16.7. The van der Waals surface area contributed by atoms with E-state index in [1.807, 2.05) is 12.1 Å². The molecule has 0 amide bonds. The number of sulfone groups is 1. The number of hydrogen-bond acceptors (Lipinski definition) is 6. The van der Waals surface area contributed by atoms with E-state index in [1.165, 1.54) is 17.7 Å². The minimum absolute atomic E-state index is 0. The van der Waals surface area contributed by atoms with Gasteiger partial charge >= 0.3 is 0 Å². The molecule has 0 atom stereocenters. The van der Waals surface area contributed by atoms with Gasteiger partial charge in [-0.05, 0) is 30.2 Å². The van der Waals surface area contributed by atoms with Gasteiger partial charge in [-0.3, -0.25) is 15.1 Å². The molecule has 0 saturated carbocycles. The third-order valence-corrected chi connectivity index (χ3v) is 5.78. The fraction of sp³-hybridized carbons (Fsp3) is 0.316. The average Bonchev–Trinajstić information content (AvgIpc) is 3.11. The van der Waals surface area contributed by atoms with Crippen molar-refractivity contribution < 1.29 is 13.3 Å². The summed E-state index contributed by atoms with van der Waals surface area (Å²) in [7, 11) is -1.80. The summed E-state index contributed by atoms with van der Waals surface area (Å²) >= 11 is 0. The topological polar surface area (TPSA) is 117 Å². The quantitative estimate of drug-likeness (QED) is 0.143. The fourth-order valence-corrected chi connectivity index (χ4v) is 3.91. The second kappa shape index (κ2) is 10.1. The molecule has 2 aromatic carbocycles. The maximum Gasteiger partial charge on any atom is 0.293 e. The van der Waals surface area contributed by atoms with E-state index in [1.54, 1.807) is 7.05 Å². The molecule has 1 heterocycles. The summed E-state index contributed by atoms with van der Waals surface area (Å²) in [4.78, 5) is 17.1. The van der Waals surface area contributed by atoms with Gasteiger partial charge in [0.1, 0.15) is 5.69 Å². The highest BCUT2D eigenvalue weighted by Gasteiger charge is 2.22. The molecule has 0 aliphatic carbocycles. The number of rotatable bonds is 6. The van der Waals surface area contributed by atoms with Crippen molar-refractivity contribution in [3.63, 3.8) is 0 Å². The molecule has 0 unspecified atom stereocenters. The van der Waals surface area contributed by atoms with Crippen LogP contribution in [0.2, 0.25) is 0 Å². The normalized spacial score (nSPS) is 13.4. The minimum Gasteiger partial charge on any atom is -0.378 e. The van der Waals surface area contributed by atoms with Gasteiger partial charge in [0.05, 0.1) is 9.82 Å². The molecule has 0 saturated heterocycles. The lowest BCUT2D eigenvalue weighted by atomic mass is 10.2. The number of benzene rings is 2. The van der Waals surface area contributed by atoms with E-state index in [4.69, 9.17) is 0 Å². The Hall–Kier alpha value is -2.41. The van der Waals surface area contributed by atoms with E-state index < -0.39 is 14.8 Å². The summed E-state index contributed by atoms with van der Waals surface area (Å²) in [6, 6.07) is 12.0. The Morgan fingerprint density at radius 1 is 1.23 bits per heavy atom. The van der Waals surface area contributed by atoms with Crippen molar-refractivity contribution in [2.75, 3.05) is 43.2 Å². The molecule has 3 rings (SSSR count). The van der Waals surface area contributed by atoms with Crippen LogP contribution >= 0.6 is 24.0 Å². The zero-order valence-corrected chi connectivity index (χ0v) is 19.8. The first-order valence-electron chi connectivity index (χ1n) is 9.09. The standard InChI is InChI=1S/C19H23N5O4S.HI/c1-20-19(23-12-9-14-5-3-4-6-17(14)23)22-11-10-21-16-8-7-15(29(2,27)28)13-18(16)24(25)26;/h3-8,13,21H,9-12H2,1-2H3,(H,20,22);1H. The Kier molecular flexibility index (Phi) is 8.01. The minimum atomic E-state index is -3.52. The summed E-state index contributed by atoms with van der Waals surface area (Å²) in [6.45, 7) is 1.72. The zero-order chi connectivity index (χ0) is 21.0. The van der Waals surface area contributed by atoms with Gasteiger partial charge in [-0.2, -0.15) is 0 Å². The van der Waals surface area contributed by atoms with Crippen molar-refractivity contribution in [1.29, 1.82) is 0 Å². The maximum atomic E-state index is 11.6. The van der Waals surface area contributed by atoms with Gasteiger partial charge in [-0.1, -0.05) is 18.2 Å². The second-order valence-corrected chi connectivity index (χ2v) is 8.66. The number of aliphatic imine (C=N–C) groups is 1. The van der Waals surface area contributed by atoms with Crippen LogP contribution in [-0.2, 0) is 16.3 Å². The first-order valence-corrected chi connectivity index (χ1v) is 11.0. The average molecular weight is 545 g/mol. The van der Waals surface area contributed by atoms with Crippen LogP contribution in [0.3, 0.4) is 0 Å². The molecular formula is C19H24IN5O4S. The van der Waals surface area contributed by atoms with E-state index in [0.29, 0.717) is 13.1 Å². The number of anilines is 2. The van der Waals surface area contributed by atoms with E-state index in [0.717, 1.165) is 36.9 Å². The van der Waals surface area contributed by atoms with Crippen molar-refractivity contribution in [3.8, 4) is 0 Å². The van der Waals surface area contributed by atoms with Crippen LogP contribution < -0.4 is 15.5 Å². The third-order valence-electron chi connectivity index (χ3n) is 4.67. The number of hydrogen-bond donors (Lipinski definition) is 2. The SMILES string of the molecule is CN=C(NCCNc1ccc(S(C)(=O)=O)cc1[N+](=O)[O-])N1CCc2ccccc21.I. The number of fused-ring (bicyclic) bond motifs is 1. The number of nitro benzene ring substituents is 1. The summed E-state index contributed by atoms with van der Waals surface area (Å²) in [5, 5.41) is 17.6. The van der Waals surface area contributed by atoms with Gasteiger partial charge in [0.15, 0.2) is 15.8 Å². The van der Waals surface area contributed by atoms with Gasteiger partial charge in [0.25, 0.3) is 5.69 Å². The highest BCUT2D eigenvalue weighted by atomic mass is 127. The molecule has 1 aliphatic heterocycles. The fourth-order valence-electron chi connectivity index (χ4n) is 3.27. The Bertz CT molecular complexity index is 1060.